The molecule has 2 rings (SSSR count). The standard InChI is InChI=1S/C14H16NO3PS.H3O4P/c16-19(17,20)18-12-11-15(13-7-3-1-4-8-13)14-9-5-2-6-10-14;1-5(2,3)4/h1-10H,11-12H2,(H2,16,17,20);(H3,1,2,3,4). The van der Waals surface area contributed by atoms with Crippen molar-refractivity contribution in [2.45, 2.75) is 0 Å². The summed E-state index contributed by atoms with van der Waals surface area (Å²) in [6, 6.07) is 19.7. The van der Waals surface area contributed by atoms with Crippen LogP contribution >= 0.6 is 14.5 Å². The highest BCUT2D eigenvalue weighted by molar-refractivity contribution is 8.06. The lowest BCUT2D eigenvalue weighted by atomic mass is 10.2. The molecule has 0 amide bonds. The van der Waals surface area contributed by atoms with Gasteiger partial charge in [-0.2, -0.15) is 0 Å². The molecule has 0 fully saturated rings. The summed E-state index contributed by atoms with van der Waals surface area (Å²) >= 11 is 4.45. The summed E-state index contributed by atoms with van der Waals surface area (Å²) in [5, 5.41) is 0. The van der Waals surface area contributed by atoms with Crippen LogP contribution in [0.15, 0.2) is 60.7 Å². The lowest BCUT2D eigenvalue weighted by Gasteiger charge is -2.25. The number of phosphoric acid groups is 1. The third-order valence-electron chi connectivity index (χ3n) is 2.71. The maximum Gasteiger partial charge on any atom is 0.466 e. The van der Waals surface area contributed by atoms with Gasteiger partial charge in [0.15, 0.2) is 0 Å². The van der Waals surface area contributed by atoms with E-state index < -0.39 is 14.5 Å². The molecule has 5 N–H and O–H groups in total. The first-order valence-corrected chi connectivity index (χ1v) is 11.1. The molecule has 0 spiro atoms. The van der Waals surface area contributed by atoms with E-state index in [0.29, 0.717) is 6.54 Å². The van der Waals surface area contributed by atoms with Gasteiger partial charge in [0.05, 0.1) is 6.61 Å². The lowest BCUT2D eigenvalue weighted by molar-refractivity contribution is 0.258. The molecular weight excluding hydrogens is 388 g/mol. The summed E-state index contributed by atoms with van der Waals surface area (Å²) in [6.07, 6.45) is 0. The van der Waals surface area contributed by atoms with Crippen molar-refractivity contribution in [3.8, 4) is 0 Å². The van der Waals surface area contributed by atoms with Crippen LogP contribution in [0.4, 0.5) is 11.4 Å². The quantitative estimate of drug-likeness (QED) is 0.457. The zero-order valence-electron chi connectivity index (χ0n) is 13.0. The maximum atomic E-state index is 9.11. The molecule has 0 saturated heterocycles. The normalized spacial score (nSPS) is 11.4. The second-order valence-corrected chi connectivity index (χ2v) is 8.35. The highest BCUT2D eigenvalue weighted by Crippen LogP contribution is 2.36. The minimum Gasteiger partial charge on any atom is -0.339 e. The lowest BCUT2D eigenvalue weighted by Crippen LogP contribution is -2.21. The van der Waals surface area contributed by atoms with Crippen molar-refractivity contribution in [3.05, 3.63) is 60.7 Å². The fraction of sp³-hybridized carbons (Fsp3) is 0.143. The van der Waals surface area contributed by atoms with Gasteiger partial charge < -0.3 is 33.9 Å². The minimum absolute atomic E-state index is 0.147. The number of nitrogens with zero attached hydrogens (tertiary/aromatic N) is 1. The van der Waals surface area contributed by atoms with Gasteiger partial charge in [-0.05, 0) is 36.1 Å². The molecule has 0 radical (unpaired) electrons. The van der Waals surface area contributed by atoms with Gasteiger partial charge in [-0.25, -0.2) is 4.57 Å². The number of hydrogen-bond acceptors (Lipinski definition) is 4. The van der Waals surface area contributed by atoms with Gasteiger partial charge in [-0.15, -0.1) is 0 Å². The van der Waals surface area contributed by atoms with Gasteiger partial charge in [0.2, 0.25) is 0 Å². The Hall–Kier alpha value is -1.12. The van der Waals surface area contributed by atoms with E-state index in [1.165, 1.54) is 0 Å². The summed E-state index contributed by atoms with van der Waals surface area (Å²) < 4.78 is 13.8. The molecule has 0 aliphatic carbocycles. The Bertz CT molecular complexity index is 673. The van der Waals surface area contributed by atoms with Crippen molar-refractivity contribution in [1.82, 2.24) is 0 Å². The molecule has 0 atom stereocenters. The molecule has 0 aliphatic heterocycles. The average Bonchev–Trinajstić information content (AvgIpc) is 2.51. The second-order valence-electron chi connectivity index (χ2n) is 4.66. The SMILES string of the molecule is O=P(O)(O)O.OP(O)(=S)OCCN(c1ccccc1)c1ccccc1. The van der Waals surface area contributed by atoms with Crippen LogP contribution in [-0.2, 0) is 20.9 Å². The number of rotatable bonds is 6. The van der Waals surface area contributed by atoms with E-state index in [9.17, 15) is 0 Å². The van der Waals surface area contributed by atoms with Gasteiger partial charge >= 0.3 is 14.5 Å². The predicted octanol–water partition coefficient (Wildman–Crippen LogP) is 2.12. The first-order valence-electron chi connectivity index (χ1n) is 6.92. The van der Waals surface area contributed by atoms with Crippen molar-refractivity contribution in [2.75, 3.05) is 18.1 Å². The van der Waals surface area contributed by atoms with Crippen LogP contribution in [0.2, 0.25) is 0 Å². The van der Waals surface area contributed by atoms with E-state index in [2.05, 4.69) is 11.8 Å². The van der Waals surface area contributed by atoms with Gasteiger partial charge in [0.1, 0.15) is 0 Å². The van der Waals surface area contributed by atoms with Crippen molar-refractivity contribution >= 4 is 37.7 Å². The summed E-state index contributed by atoms with van der Waals surface area (Å²) in [6.45, 7) is -2.97. The molecule has 2 aromatic carbocycles. The van der Waals surface area contributed by atoms with Gasteiger partial charge in [-0.3, -0.25) is 0 Å². The van der Waals surface area contributed by atoms with E-state index in [4.69, 9.17) is 33.6 Å². The number of benzene rings is 2. The molecule has 0 aliphatic rings. The van der Waals surface area contributed by atoms with E-state index >= 15 is 0 Å². The zero-order valence-corrected chi connectivity index (χ0v) is 15.6. The fourth-order valence-electron chi connectivity index (χ4n) is 1.87. The molecule has 138 valence electrons. The Balaban J connectivity index is 0.000000550. The van der Waals surface area contributed by atoms with Crippen LogP contribution in [0.25, 0.3) is 0 Å². The van der Waals surface area contributed by atoms with Crippen LogP contribution in [-0.4, -0.2) is 37.6 Å². The van der Waals surface area contributed by atoms with E-state index in [0.717, 1.165) is 11.4 Å². The first kappa shape index (κ1) is 21.9. The maximum absolute atomic E-state index is 9.11. The Morgan fingerprint density at radius 2 is 1.20 bits per heavy atom. The molecule has 25 heavy (non-hydrogen) atoms. The molecule has 0 saturated carbocycles. The Morgan fingerprint density at radius 3 is 1.52 bits per heavy atom. The van der Waals surface area contributed by atoms with Crippen molar-refractivity contribution in [3.63, 3.8) is 0 Å². The second kappa shape index (κ2) is 10.1. The topological polar surface area (TPSA) is 131 Å². The molecule has 8 nitrogen and oxygen atoms in total. The van der Waals surface area contributed by atoms with Gasteiger partial charge in [0, 0.05) is 17.9 Å². The van der Waals surface area contributed by atoms with Crippen molar-refractivity contribution < 1.29 is 33.6 Å². The monoisotopic (exact) mass is 407 g/mol. The fourth-order valence-corrected chi connectivity index (χ4v) is 2.42. The molecule has 0 aromatic heterocycles. The number of para-hydroxylation sites is 2. The molecule has 11 heteroatoms. The largest absolute Gasteiger partial charge is 0.466 e. The van der Waals surface area contributed by atoms with Crippen LogP contribution in [0.3, 0.4) is 0 Å². The van der Waals surface area contributed by atoms with Crippen LogP contribution in [0.5, 0.6) is 0 Å². The summed E-state index contributed by atoms with van der Waals surface area (Å²) in [5.41, 5.74) is 2.01. The highest BCUT2D eigenvalue weighted by atomic mass is 32.5. The first-order chi connectivity index (χ1) is 11.6. The summed E-state index contributed by atoms with van der Waals surface area (Å²) in [7, 11) is -4.64. The molecule has 0 bridgehead atoms. The van der Waals surface area contributed by atoms with Gasteiger partial charge in [-0.1, -0.05) is 36.4 Å². The summed E-state index contributed by atoms with van der Waals surface area (Å²) in [5.74, 6) is 0. The van der Waals surface area contributed by atoms with E-state index in [-0.39, 0.29) is 6.61 Å². The number of anilines is 2. The van der Waals surface area contributed by atoms with E-state index in [1.54, 1.807) is 0 Å². The Kier molecular flexibility index (Phi) is 8.88. The van der Waals surface area contributed by atoms with Crippen LogP contribution in [0.1, 0.15) is 0 Å². The van der Waals surface area contributed by atoms with Crippen molar-refractivity contribution in [1.29, 1.82) is 0 Å². The van der Waals surface area contributed by atoms with Crippen LogP contribution < -0.4 is 4.90 Å². The average molecular weight is 407 g/mol. The smallest absolute Gasteiger partial charge is 0.339 e. The highest BCUT2D eigenvalue weighted by Gasteiger charge is 2.12. The molecule has 2 aromatic rings. The van der Waals surface area contributed by atoms with E-state index in [1.807, 2.05) is 65.6 Å². The summed E-state index contributed by atoms with van der Waals surface area (Å²) in [4.78, 5) is 41.8. The minimum atomic E-state index is -4.64. The molecular formula is C14H19NO7P2S. The van der Waals surface area contributed by atoms with Crippen LogP contribution in [0, 0.1) is 0 Å². The number of hydrogen-bond donors (Lipinski definition) is 5. The van der Waals surface area contributed by atoms with Gasteiger partial charge in [0.25, 0.3) is 0 Å². The third kappa shape index (κ3) is 11.2. The third-order valence-corrected chi connectivity index (χ3v) is 3.55. The predicted molar refractivity (Wildman–Crippen MR) is 98.8 cm³/mol. The molecule has 0 unspecified atom stereocenters. The molecule has 0 heterocycles. The Labute approximate surface area is 150 Å². The Morgan fingerprint density at radius 1 is 0.840 bits per heavy atom. The zero-order chi connectivity index (χ0) is 18.9. The van der Waals surface area contributed by atoms with Crippen molar-refractivity contribution in [2.24, 2.45) is 0 Å².